The Labute approximate surface area is 199 Å². The van der Waals surface area contributed by atoms with Crippen LogP contribution in [0.3, 0.4) is 0 Å². The smallest absolute Gasteiger partial charge is 0.268 e. The van der Waals surface area contributed by atoms with Gasteiger partial charge in [0.15, 0.2) is 5.65 Å². The number of nitrogens with zero attached hydrogens (tertiary/aromatic N) is 3. The zero-order chi connectivity index (χ0) is 24.1. The Balaban J connectivity index is 0.000000499. The third-order valence-corrected chi connectivity index (χ3v) is 5.80. The number of imidazole rings is 2. The van der Waals surface area contributed by atoms with Crippen LogP contribution in [0.1, 0.15) is 40.6 Å². The molecule has 5 N–H and O–H groups in total. The number of amides is 2. The van der Waals surface area contributed by atoms with Crippen LogP contribution < -0.4 is 11.1 Å². The number of aliphatic hydroxyl groups excluding tert-OH is 1. The normalized spacial score (nSPS) is 10.8. The van der Waals surface area contributed by atoms with E-state index in [9.17, 15) is 9.59 Å². The van der Waals surface area contributed by atoms with Gasteiger partial charge in [-0.25, -0.2) is 9.97 Å². The number of carbonyl (C=O) groups is 2. The van der Waals surface area contributed by atoms with E-state index in [0.29, 0.717) is 29.2 Å². The number of aliphatic hydroxyl groups is 1. The van der Waals surface area contributed by atoms with Crippen LogP contribution in [0.5, 0.6) is 0 Å². The summed E-state index contributed by atoms with van der Waals surface area (Å²) in [5.74, 6) is -0.951. The number of hydrogen-bond acceptors (Lipinski definition) is 6. The van der Waals surface area contributed by atoms with E-state index in [-0.39, 0.29) is 11.6 Å². The lowest BCUT2D eigenvalue weighted by Crippen LogP contribution is -2.16. The predicted octanol–water partition coefficient (Wildman–Crippen LogP) is 4.07. The zero-order valence-electron chi connectivity index (χ0n) is 18.5. The average molecular weight is 477 g/mol. The van der Waals surface area contributed by atoms with Crippen molar-refractivity contribution in [1.29, 1.82) is 0 Å². The van der Waals surface area contributed by atoms with E-state index in [2.05, 4.69) is 27.2 Å². The molecule has 5 aromatic rings. The molecule has 9 nitrogen and oxygen atoms in total. The molecule has 0 bridgehead atoms. The molecule has 4 heterocycles. The number of nitrogens with one attached hydrogen (secondary N) is 2. The topological polar surface area (TPSA) is 138 Å². The summed E-state index contributed by atoms with van der Waals surface area (Å²) in [7, 11) is 0. The van der Waals surface area contributed by atoms with E-state index < -0.39 is 5.91 Å². The Morgan fingerprint density at radius 3 is 2.79 bits per heavy atom. The number of nitrogens with two attached hydrogens (primary N) is 1. The second-order valence-corrected chi connectivity index (χ2v) is 8.25. The summed E-state index contributed by atoms with van der Waals surface area (Å²) < 4.78 is 1.56. The number of anilines is 1. The molecule has 0 spiro atoms. The average Bonchev–Trinajstić information content (AvgIpc) is 3.58. The van der Waals surface area contributed by atoms with Gasteiger partial charge in [0.25, 0.3) is 11.8 Å². The van der Waals surface area contributed by atoms with Crippen molar-refractivity contribution >= 4 is 45.5 Å². The maximum Gasteiger partial charge on any atom is 0.268 e. The van der Waals surface area contributed by atoms with Crippen LogP contribution in [0.15, 0.2) is 59.7 Å². The monoisotopic (exact) mass is 476 g/mol. The van der Waals surface area contributed by atoms with E-state index in [1.54, 1.807) is 41.2 Å². The number of unbranched alkanes of at least 4 members (excludes halogenated alkanes) is 1. The molecular formula is C24H24N6O3S. The van der Waals surface area contributed by atoms with Crippen LogP contribution in [0.2, 0.25) is 0 Å². The summed E-state index contributed by atoms with van der Waals surface area (Å²) in [5.41, 5.74) is 10.0. The number of aromatic nitrogens is 4. The second-order valence-electron chi connectivity index (χ2n) is 7.47. The minimum atomic E-state index is -0.610. The number of pyridine rings is 1. The molecule has 0 radical (unpaired) electrons. The number of hydrogen-bond donors (Lipinski definition) is 4. The first-order chi connectivity index (χ1) is 16.5. The lowest BCUT2D eigenvalue weighted by molar-refractivity contribution is 0.0992. The Kier molecular flexibility index (Phi) is 7.00. The lowest BCUT2D eigenvalue weighted by Gasteiger charge is -2.07. The van der Waals surface area contributed by atoms with E-state index >= 15 is 0 Å². The first kappa shape index (κ1) is 23.1. The van der Waals surface area contributed by atoms with Gasteiger partial charge in [-0.3, -0.25) is 14.0 Å². The molecule has 4 aromatic heterocycles. The second kappa shape index (κ2) is 10.3. The van der Waals surface area contributed by atoms with E-state index in [1.807, 2.05) is 22.9 Å². The van der Waals surface area contributed by atoms with Crippen molar-refractivity contribution in [3.05, 3.63) is 70.9 Å². The molecule has 5 rings (SSSR count). The van der Waals surface area contributed by atoms with Crippen molar-refractivity contribution in [3.8, 4) is 11.3 Å². The number of carbonyl (C=O) groups excluding carboxylic acids is 2. The molecule has 0 aliphatic carbocycles. The molecular weight excluding hydrogens is 452 g/mol. The first-order valence-electron chi connectivity index (χ1n) is 10.7. The van der Waals surface area contributed by atoms with Gasteiger partial charge in [-0.15, -0.1) is 0 Å². The van der Waals surface area contributed by atoms with Crippen molar-refractivity contribution in [1.82, 2.24) is 19.4 Å². The molecule has 0 aliphatic heterocycles. The maximum atomic E-state index is 13.0. The highest BCUT2D eigenvalue weighted by Crippen LogP contribution is 2.28. The molecule has 0 saturated carbocycles. The third-order valence-electron chi connectivity index (χ3n) is 5.11. The number of H-pyrrole nitrogens is 1. The summed E-state index contributed by atoms with van der Waals surface area (Å²) in [6, 6.07) is 10.6. The lowest BCUT2D eigenvalue weighted by atomic mass is 10.2. The third kappa shape index (κ3) is 4.68. The Morgan fingerprint density at radius 1 is 1.26 bits per heavy atom. The fourth-order valence-electron chi connectivity index (χ4n) is 3.45. The van der Waals surface area contributed by atoms with Gasteiger partial charge < -0.3 is 21.1 Å². The van der Waals surface area contributed by atoms with Gasteiger partial charge in [-0.1, -0.05) is 13.3 Å². The van der Waals surface area contributed by atoms with Crippen molar-refractivity contribution in [2.75, 3.05) is 11.9 Å². The molecule has 10 heteroatoms. The molecule has 0 aliphatic rings. The standard InChI is InChI=1S/C20H14N6O2S.C4H10O/c21-18(27)17-16(11-5-7-29-9-11)25-19-13(2-1-6-26(17)19)20(28)24-12-3-4-14-15(8-12)23-10-22-14;1-2-3-4-5/h1-10H,(H2,21,27)(H,22,23)(H,24,28);5H,2-4H2,1H3. The van der Waals surface area contributed by atoms with Crippen LogP contribution >= 0.6 is 11.3 Å². The number of thiophene rings is 1. The summed E-state index contributed by atoms with van der Waals surface area (Å²) >= 11 is 1.49. The molecule has 0 fully saturated rings. The summed E-state index contributed by atoms with van der Waals surface area (Å²) in [5, 5.41) is 14.7. The maximum absolute atomic E-state index is 13.0. The number of rotatable bonds is 6. The van der Waals surface area contributed by atoms with Crippen LogP contribution in [0.4, 0.5) is 5.69 Å². The largest absolute Gasteiger partial charge is 0.396 e. The number of fused-ring (bicyclic) bond motifs is 2. The van der Waals surface area contributed by atoms with Gasteiger partial charge in [0.1, 0.15) is 11.4 Å². The summed E-state index contributed by atoms with van der Waals surface area (Å²) in [6.07, 6.45) is 5.31. The van der Waals surface area contributed by atoms with Crippen molar-refractivity contribution in [2.24, 2.45) is 5.73 Å². The van der Waals surface area contributed by atoms with Crippen LogP contribution in [-0.2, 0) is 0 Å². The van der Waals surface area contributed by atoms with E-state index in [4.69, 9.17) is 10.8 Å². The van der Waals surface area contributed by atoms with Crippen molar-refractivity contribution < 1.29 is 14.7 Å². The van der Waals surface area contributed by atoms with Crippen LogP contribution in [0.25, 0.3) is 27.9 Å². The zero-order valence-corrected chi connectivity index (χ0v) is 19.3. The summed E-state index contributed by atoms with van der Waals surface area (Å²) in [6.45, 7) is 2.40. The van der Waals surface area contributed by atoms with Crippen molar-refractivity contribution in [2.45, 2.75) is 19.8 Å². The molecule has 174 valence electrons. The van der Waals surface area contributed by atoms with Gasteiger partial charge in [0.2, 0.25) is 0 Å². The van der Waals surface area contributed by atoms with E-state index in [1.165, 1.54) is 11.3 Å². The van der Waals surface area contributed by atoms with Gasteiger partial charge in [0, 0.05) is 29.4 Å². The molecule has 34 heavy (non-hydrogen) atoms. The number of aromatic amines is 1. The molecule has 1 aromatic carbocycles. The Morgan fingerprint density at radius 2 is 2.12 bits per heavy atom. The van der Waals surface area contributed by atoms with E-state index in [0.717, 1.165) is 29.4 Å². The fourth-order valence-corrected chi connectivity index (χ4v) is 4.09. The molecule has 2 amide bonds. The van der Waals surface area contributed by atoms with Gasteiger partial charge in [0.05, 0.1) is 22.9 Å². The molecule has 0 atom stereocenters. The van der Waals surface area contributed by atoms with Gasteiger partial charge >= 0.3 is 0 Å². The van der Waals surface area contributed by atoms with Gasteiger partial charge in [-0.05, 0) is 48.2 Å². The number of benzene rings is 1. The quantitative estimate of drug-likeness (QED) is 0.293. The van der Waals surface area contributed by atoms with Crippen LogP contribution in [-0.4, -0.2) is 42.9 Å². The fraction of sp³-hybridized carbons (Fsp3) is 0.167. The highest BCUT2D eigenvalue weighted by molar-refractivity contribution is 7.08. The minimum Gasteiger partial charge on any atom is -0.396 e. The summed E-state index contributed by atoms with van der Waals surface area (Å²) in [4.78, 5) is 36.8. The molecule has 0 unspecified atom stereocenters. The first-order valence-corrected chi connectivity index (χ1v) is 11.7. The Bertz CT molecular complexity index is 1440. The SMILES string of the molecule is CCCCO.NC(=O)c1c(-c2ccsc2)nc2c(C(=O)Nc3ccc4nc[nH]c4c3)cccn12. The Hall–Kier alpha value is -4.02. The minimum absolute atomic E-state index is 0.243. The highest BCUT2D eigenvalue weighted by Gasteiger charge is 2.22. The van der Waals surface area contributed by atoms with Crippen LogP contribution in [0, 0.1) is 0 Å². The van der Waals surface area contributed by atoms with Gasteiger partial charge in [-0.2, -0.15) is 11.3 Å². The number of primary amides is 1. The predicted molar refractivity (Wildman–Crippen MR) is 133 cm³/mol. The van der Waals surface area contributed by atoms with Crippen molar-refractivity contribution in [3.63, 3.8) is 0 Å². The molecule has 0 saturated heterocycles. The highest BCUT2D eigenvalue weighted by atomic mass is 32.1.